The highest BCUT2D eigenvalue weighted by molar-refractivity contribution is 7.89. The third kappa shape index (κ3) is 26.0. The average molecular weight is 1140 g/mol. The summed E-state index contributed by atoms with van der Waals surface area (Å²) in [7, 11) is -11.7. The smallest absolute Gasteiger partial charge is 0.251 e. The summed E-state index contributed by atoms with van der Waals surface area (Å²) in [5, 5.41) is 34.5. The second-order valence-corrected chi connectivity index (χ2v) is 22.1. The Bertz CT molecular complexity index is 2490. The van der Waals surface area contributed by atoms with Gasteiger partial charge in [0.25, 0.3) is 17.7 Å². The molecule has 0 atom stereocenters. The van der Waals surface area contributed by atoms with Crippen molar-refractivity contribution in [1.29, 1.82) is 0 Å². The Labute approximate surface area is 448 Å². The maximum atomic E-state index is 13.2. The van der Waals surface area contributed by atoms with Crippen LogP contribution in [0, 0.1) is 0 Å². The van der Waals surface area contributed by atoms with E-state index in [9.17, 15) is 58.8 Å². The topological polar surface area (TPSA) is 412 Å². The maximum Gasteiger partial charge on any atom is 0.251 e. The Hall–Kier alpha value is -6.44. The van der Waals surface area contributed by atoms with E-state index in [2.05, 4.69) is 37.2 Å². The number of nitrogens with two attached hydrogens (primary N) is 3. The summed E-state index contributed by atoms with van der Waals surface area (Å²) in [5.74, 6) is -2.78. The molecule has 0 bridgehead atoms. The van der Waals surface area contributed by atoms with Crippen LogP contribution in [0.4, 0.5) is 0 Å². The molecule has 7 amide bonds. The van der Waals surface area contributed by atoms with E-state index in [0.717, 1.165) is 6.42 Å². The standard InChI is InChI=1S/C48H70N10O16S3/c1-2-3-7-44(62)58-48(32-72-29-20-41(59)52-23-4-26-55-45(63)35-8-14-38(15-9-35)75(49,66)67,33-73-30-21-42(60)53-24-5-27-56-46(64)36-10-16-39(17-11-36)76(50,68)69)34-74-31-22-43(61)54-25-6-28-57-47(65)37-12-18-40(19-13-37)77(51,70)71/h8-19H,2-7,20-34H2,1H3,(H,52,59)(H,53,60)(H,54,61)(H,55,63)(H,56,64)(H,57,65)(H,58,62)(H2,49,66,67)(H2,50,68,69)(H2,51,70,71). The van der Waals surface area contributed by atoms with E-state index in [4.69, 9.17) is 29.6 Å². The van der Waals surface area contributed by atoms with Crippen molar-refractivity contribution in [3.05, 3.63) is 89.5 Å². The van der Waals surface area contributed by atoms with Crippen molar-refractivity contribution in [2.75, 3.05) is 78.9 Å². The lowest BCUT2D eigenvalue weighted by Crippen LogP contribution is -2.58. The number of unbranched alkanes of at least 4 members (excludes halogenated alkanes) is 1. The molecule has 0 aliphatic rings. The third-order valence-electron chi connectivity index (χ3n) is 10.9. The van der Waals surface area contributed by atoms with Gasteiger partial charge in [0.1, 0.15) is 5.54 Å². The molecule has 0 saturated heterocycles. The zero-order chi connectivity index (χ0) is 56.9. The number of carbonyl (C=O) groups excluding carboxylic acids is 7. The van der Waals surface area contributed by atoms with Crippen LogP contribution in [-0.2, 0) is 63.5 Å². The molecule has 3 rings (SSSR count). The van der Waals surface area contributed by atoms with Crippen LogP contribution >= 0.6 is 0 Å². The van der Waals surface area contributed by atoms with Crippen LogP contribution in [0.15, 0.2) is 87.5 Å². The van der Waals surface area contributed by atoms with Crippen molar-refractivity contribution in [3.8, 4) is 0 Å². The predicted octanol–water partition coefficient (Wildman–Crippen LogP) is -0.997. The number of hydrogen-bond donors (Lipinski definition) is 10. The van der Waals surface area contributed by atoms with Gasteiger partial charge in [0, 0.05) is 81.6 Å². The highest BCUT2D eigenvalue weighted by Crippen LogP contribution is 2.14. The lowest BCUT2D eigenvalue weighted by atomic mass is 10.0. The molecular formula is C48H70N10O16S3. The Balaban J connectivity index is 1.51. The van der Waals surface area contributed by atoms with Crippen molar-refractivity contribution in [2.24, 2.45) is 15.4 Å². The molecule has 26 nitrogen and oxygen atoms in total. The van der Waals surface area contributed by atoms with E-state index in [-0.39, 0.29) is 160 Å². The van der Waals surface area contributed by atoms with Crippen molar-refractivity contribution in [2.45, 2.75) is 84.9 Å². The molecule has 0 aliphatic carbocycles. The first-order chi connectivity index (χ1) is 36.4. The van der Waals surface area contributed by atoms with Gasteiger partial charge in [-0.1, -0.05) is 13.3 Å². The van der Waals surface area contributed by atoms with Gasteiger partial charge in [-0.25, -0.2) is 40.7 Å². The third-order valence-corrected chi connectivity index (χ3v) is 13.7. The number of carbonyl (C=O) groups is 7. The second-order valence-electron chi connectivity index (χ2n) is 17.4. The minimum absolute atomic E-state index is 0.0827. The molecule has 0 unspecified atom stereocenters. The van der Waals surface area contributed by atoms with Crippen molar-refractivity contribution in [3.63, 3.8) is 0 Å². The monoisotopic (exact) mass is 1140 g/mol. The van der Waals surface area contributed by atoms with E-state index in [1.165, 1.54) is 72.8 Å². The molecule has 3 aromatic rings. The number of sulfonamides is 3. The van der Waals surface area contributed by atoms with Crippen LogP contribution in [0.3, 0.4) is 0 Å². The van der Waals surface area contributed by atoms with Gasteiger partial charge in [0.2, 0.25) is 53.7 Å². The van der Waals surface area contributed by atoms with Crippen LogP contribution < -0.4 is 52.6 Å². The quantitative estimate of drug-likeness (QED) is 0.0310. The van der Waals surface area contributed by atoms with Gasteiger partial charge in [-0.05, 0) is 98.5 Å². The number of rotatable bonds is 37. The van der Waals surface area contributed by atoms with Crippen LogP contribution in [0.1, 0.15) is 95.8 Å². The molecule has 77 heavy (non-hydrogen) atoms. The number of primary sulfonamides is 3. The van der Waals surface area contributed by atoms with Gasteiger partial charge in [-0.2, -0.15) is 0 Å². The largest absolute Gasteiger partial charge is 0.378 e. The minimum atomic E-state index is -3.91. The molecule has 0 heterocycles. The number of amides is 7. The zero-order valence-corrected chi connectivity index (χ0v) is 45.2. The summed E-state index contributed by atoms with van der Waals surface area (Å²) in [5.41, 5.74) is -0.684. The lowest BCUT2D eigenvalue weighted by molar-refractivity contribution is -0.130. The van der Waals surface area contributed by atoms with E-state index in [1.807, 2.05) is 6.92 Å². The number of ether oxygens (including phenoxy) is 3. The average Bonchev–Trinajstić information content (AvgIpc) is 3.38. The molecule has 13 N–H and O–H groups in total. The Morgan fingerprint density at radius 1 is 0.403 bits per heavy atom. The van der Waals surface area contributed by atoms with E-state index >= 15 is 0 Å². The van der Waals surface area contributed by atoms with E-state index in [0.29, 0.717) is 25.7 Å². The molecule has 0 saturated carbocycles. The molecule has 0 radical (unpaired) electrons. The summed E-state index contributed by atoms with van der Waals surface area (Å²) >= 11 is 0. The molecule has 29 heteroatoms. The summed E-state index contributed by atoms with van der Waals surface area (Å²) in [6.07, 6.45) is 2.32. The highest BCUT2D eigenvalue weighted by Gasteiger charge is 2.34. The Morgan fingerprint density at radius 2 is 0.675 bits per heavy atom. The van der Waals surface area contributed by atoms with Gasteiger partial charge in [-0.3, -0.25) is 33.6 Å². The van der Waals surface area contributed by atoms with Crippen LogP contribution in [0.2, 0.25) is 0 Å². The number of nitrogens with one attached hydrogen (secondary N) is 7. The van der Waals surface area contributed by atoms with Gasteiger partial charge < -0.3 is 51.4 Å². The molecule has 0 aliphatic heterocycles. The first-order valence-corrected chi connectivity index (χ1v) is 29.1. The number of benzene rings is 3. The first-order valence-electron chi connectivity index (χ1n) is 24.5. The van der Waals surface area contributed by atoms with Crippen molar-refractivity contribution in [1.82, 2.24) is 37.2 Å². The van der Waals surface area contributed by atoms with E-state index in [1.54, 1.807) is 0 Å². The van der Waals surface area contributed by atoms with Gasteiger partial charge in [-0.15, -0.1) is 0 Å². The first kappa shape index (κ1) is 64.8. The van der Waals surface area contributed by atoms with Crippen molar-refractivity contribution < 1.29 is 73.0 Å². The molecule has 0 spiro atoms. The van der Waals surface area contributed by atoms with Gasteiger partial charge in [0.05, 0.1) is 54.3 Å². The van der Waals surface area contributed by atoms with Crippen LogP contribution in [0.25, 0.3) is 0 Å². The van der Waals surface area contributed by atoms with Crippen LogP contribution in [-0.4, -0.2) is 151 Å². The van der Waals surface area contributed by atoms with Gasteiger partial charge >= 0.3 is 0 Å². The minimum Gasteiger partial charge on any atom is -0.378 e. The second kappa shape index (κ2) is 33.0. The molecule has 3 aromatic carbocycles. The van der Waals surface area contributed by atoms with E-state index < -0.39 is 53.3 Å². The Morgan fingerprint density at radius 3 is 0.935 bits per heavy atom. The Kier molecular flexibility index (Phi) is 27.8. The highest BCUT2D eigenvalue weighted by atomic mass is 32.2. The molecular weight excluding hydrogens is 1070 g/mol. The number of hydrogen-bond acceptors (Lipinski definition) is 16. The summed E-state index contributed by atoms with van der Waals surface area (Å²) < 4.78 is 86.7. The SMILES string of the molecule is CCCCC(=O)NC(COCCC(=O)NCCCNC(=O)c1ccc(S(N)(=O)=O)cc1)(COCCC(=O)NCCCNC(=O)c1ccc(S(N)(=O)=O)cc1)COCCC(=O)NCCCNC(=O)c1ccc(S(N)(=O)=O)cc1. The summed E-state index contributed by atoms with van der Waals surface area (Å²) in [6.45, 7) is 2.26. The fraction of sp³-hybridized carbons (Fsp3) is 0.479. The molecule has 0 fully saturated rings. The fourth-order valence-corrected chi connectivity index (χ4v) is 8.29. The zero-order valence-electron chi connectivity index (χ0n) is 42.8. The summed E-state index contributed by atoms with van der Waals surface area (Å²) in [6, 6.07) is 15.3. The lowest BCUT2D eigenvalue weighted by Gasteiger charge is -2.34. The van der Waals surface area contributed by atoms with Crippen LogP contribution in [0.5, 0.6) is 0 Å². The summed E-state index contributed by atoms with van der Waals surface area (Å²) in [4.78, 5) is 88.3. The fourth-order valence-electron chi connectivity index (χ4n) is 6.74. The molecule has 426 valence electrons. The maximum absolute atomic E-state index is 13.2. The normalized spacial score (nSPS) is 11.7. The van der Waals surface area contributed by atoms with Crippen molar-refractivity contribution >= 4 is 71.4 Å². The van der Waals surface area contributed by atoms with Gasteiger partial charge in [0.15, 0.2) is 0 Å². The predicted molar refractivity (Wildman–Crippen MR) is 280 cm³/mol. The molecule has 0 aromatic heterocycles.